The van der Waals surface area contributed by atoms with Gasteiger partial charge in [-0.25, -0.2) is 0 Å². The topological polar surface area (TPSA) is 66.4 Å². The lowest BCUT2D eigenvalue weighted by molar-refractivity contribution is -0.142. The summed E-state index contributed by atoms with van der Waals surface area (Å²) >= 11 is 0. The van der Waals surface area contributed by atoms with Crippen molar-refractivity contribution in [3.63, 3.8) is 0 Å². The molecule has 2 saturated carbocycles. The molecule has 0 radical (unpaired) electrons. The minimum absolute atomic E-state index is 0.00754. The van der Waals surface area contributed by atoms with Crippen LogP contribution < -0.4 is 5.32 Å². The SMILES string of the molecule is CC(CC1CCCCC1)C(=O)N[C@@H]1CCC[C@@H]1C(=O)O. The smallest absolute Gasteiger partial charge is 0.308 e. The molecule has 2 rings (SSSR count). The van der Waals surface area contributed by atoms with Gasteiger partial charge in [0, 0.05) is 12.0 Å². The average Bonchev–Trinajstić information content (AvgIpc) is 2.88. The van der Waals surface area contributed by atoms with Crippen LogP contribution in [-0.2, 0) is 9.59 Å². The van der Waals surface area contributed by atoms with Gasteiger partial charge in [0.2, 0.25) is 5.91 Å². The quantitative estimate of drug-likeness (QED) is 0.814. The molecule has 0 spiro atoms. The number of carbonyl (C=O) groups is 2. The third-order valence-electron chi connectivity index (χ3n) is 5.02. The second-order valence-corrected chi connectivity index (χ2v) is 6.63. The summed E-state index contributed by atoms with van der Waals surface area (Å²) in [6.07, 6.45) is 9.77. The minimum atomic E-state index is -0.771. The molecule has 2 fully saturated rings. The fourth-order valence-corrected chi connectivity index (χ4v) is 3.78. The molecule has 3 atom stereocenters. The molecule has 0 heterocycles. The first-order chi connectivity index (χ1) is 9.58. The Morgan fingerprint density at radius 2 is 1.80 bits per heavy atom. The first-order valence-electron chi connectivity index (χ1n) is 8.11. The van der Waals surface area contributed by atoms with Crippen LogP contribution >= 0.6 is 0 Å². The van der Waals surface area contributed by atoms with Gasteiger partial charge < -0.3 is 10.4 Å². The number of rotatable bonds is 5. The number of carbonyl (C=O) groups excluding carboxylic acids is 1. The number of hydrogen-bond donors (Lipinski definition) is 2. The van der Waals surface area contributed by atoms with E-state index in [4.69, 9.17) is 5.11 Å². The Morgan fingerprint density at radius 3 is 2.45 bits per heavy atom. The van der Waals surface area contributed by atoms with Gasteiger partial charge >= 0.3 is 5.97 Å². The Labute approximate surface area is 121 Å². The zero-order chi connectivity index (χ0) is 14.5. The summed E-state index contributed by atoms with van der Waals surface area (Å²) in [5.74, 6) is -0.418. The minimum Gasteiger partial charge on any atom is -0.481 e. The van der Waals surface area contributed by atoms with Crippen LogP contribution in [0.25, 0.3) is 0 Å². The molecule has 0 saturated heterocycles. The van der Waals surface area contributed by atoms with Gasteiger partial charge in [-0.2, -0.15) is 0 Å². The second-order valence-electron chi connectivity index (χ2n) is 6.63. The van der Waals surface area contributed by atoms with Crippen LogP contribution in [0.5, 0.6) is 0 Å². The highest BCUT2D eigenvalue weighted by Crippen LogP contribution is 2.30. The van der Waals surface area contributed by atoms with E-state index in [-0.39, 0.29) is 23.8 Å². The molecule has 1 unspecified atom stereocenters. The summed E-state index contributed by atoms with van der Waals surface area (Å²) in [6.45, 7) is 1.98. The Balaban J connectivity index is 1.79. The van der Waals surface area contributed by atoms with E-state index in [1.807, 2.05) is 6.92 Å². The van der Waals surface area contributed by atoms with E-state index in [1.165, 1.54) is 32.1 Å². The van der Waals surface area contributed by atoms with E-state index in [1.54, 1.807) is 0 Å². The third-order valence-corrected chi connectivity index (χ3v) is 5.02. The van der Waals surface area contributed by atoms with Crippen LogP contribution in [-0.4, -0.2) is 23.0 Å². The molecule has 0 bridgehead atoms. The van der Waals surface area contributed by atoms with Crippen LogP contribution in [0.4, 0.5) is 0 Å². The van der Waals surface area contributed by atoms with Gasteiger partial charge in [0.1, 0.15) is 0 Å². The fraction of sp³-hybridized carbons (Fsp3) is 0.875. The highest BCUT2D eigenvalue weighted by atomic mass is 16.4. The third kappa shape index (κ3) is 3.97. The van der Waals surface area contributed by atoms with E-state index < -0.39 is 5.97 Å². The van der Waals surface area contributed by atoms with E-state index in [9.17, 15) is 9.59 Å². The van der Waals surface area contributed by atoms with Gasteiger partial charge in [-0.05, 0) is 25.2 Å². The number of hydrogen-bond acceptors (Lipinski definition) is 2. The molecule has 0 aromatic rings. The lowest BCUT2D eigenvalue weighted by Crippen LogP contribution is -2.42. The molecule has 20 heavy (non-hydrogen) atoms. The number of nitrogens with one attached hydrogen (secondary N) is 1. The molecule has 2 aliphatic rings. The number of aliphatic carboxylic acids is 1. The Kier molecular flexibility index (Phi) is 5.44. The molecule has 0 aromatic carbocycles. The van der Waals surface area contributed by atoms with E-state index in [0.29, 0.717) is 12.3 Å². The molecule has 0 aromatic heterocycles. The molecule has 2 aliphatic carbocycles. The van der Waals surface area contributed by atoms with Crippen molar-refractivity contribution in [1.82, 2.24) is 5.32 Å². The highest BCUT2D eigenvalue weighted by Gasteiger charge is 2.34. The molecule has 4 nitrogen and oxygen atoms in total. The van der Waals surface area contributed by atoms with Gasteiger partial charge in [-0.1, -0.05) is 45.4 Å². The molecular weight excluding hydrogens is 254 g/mol. The fourth-order valence-electron chi connectivity index (χ4n) is 3.78. The van der Waals surface area contributed by atoms with Crippen molar-refractivity contribution in [2.45, 2.75) is 70.8 Å². The van der Waals surface area contributed by atoms with E-state index in [2.05, 4.69) is 5.32 Å². The Bertz CT molecular complexity index is 350. The standard InChI is InChI=1S/C16H27NO3/c1-11(10-12-6-3-2-4-7-12)15(18)17-14-9-5-8-13(14)16(19)20/h11-14H,2-10H2,1H3,(H,17,18)(H,19,20)/t11?,13-,14+/m0/s1. The van der Waals surface area contributed by atoms with Gasteiger partial charge in [0.05, 0.1) is 5.92 Å². The maximum Gasteiger partial charge on any atom is 0.308 e. The predicted molar refractivity (Wildman–Crippen MR) is 77.3 cm³/mol. The average molecular weight is 281 g/mol. The number of amides is 1. The normalized spacial score (nSPS) is 29.1. The maximum atomic E-state index is 12.2. The molecule has 0 aliphatic heterocycles. The lowest BCUT2D eigenvalue weighted by Gasteiger charge is -2.25. The van der Waals surface area contributed by atoms with Gasteiger partial charge in [-0.3, -0.25) is 9.59 Å². The number of carboxylic acids is 1. The summed E-state index contributed by atoms with van der Waals surface area (Å²) in [4.78, 5) is 23.4. The van der Waals surface area contributed by atoms with Gasteiger partial charge in [-0.15, -0.1) is 0 Å². The molecular formula is C16H27NO3. The van der Waals surface area contributed by atoms with Crippen molar-refractivity contribution in [1.29, 1.82) is 0 Å². The lowest BCUT2D eigenvalue weighted by atomic mass is 9.83. The van der Waals surface area contributed by atoms with Gasteiger partial charge in [0.25, 0.3) is 0 Å². The van der Waals surface area contributed by atoms with Crippen LogP contribution in [0.1, 0.15) is 64.7 Å². The maximum absolute atomic E-state index is 12.2. The van der Waals surface area contributed by atoms with Crippen LogP contribution in [0.2, 0.25) is 0 Å². The first-order valence-corrected chi connectivity index (χ1v) is 8.11. The Hall–Kier alpha value is -1.06. The zero-order valence-electron chi connectivity index (χ0n) is 12.4. The molecule has 2 N–H and O–H groups in total. The van der Waals surface area contributed by atoms with Crippen molar-refractivity contribution in [2.24, 2.45) is 17.8 Å². The van der Waals surface area contributed by atoms with Crippen molar-refractivity contribution in [3.8, 4) is 0 Å². The van der Waals surface area contributed by atoms with Crippen molar-refractivity contribution in [2.75, 3.05) is 0 Å². The summed E-state index contributed by atoms with van der Waals surface area (Å²) in [5, 5.41) is 12.1. The van der Waals surface area contributed by atoms with Crippen LogP contribution in [0.15, 0.2) is 0 Å². The van der Waals surface area contributed by atoms with Crippen LogP contribution in [0, 0.1) is 17.8 Å². The molecule has 114 valence electrons. The van der Waals surface area contributed by atoms with Crippen LogP contribution in [0.3, 0.4) is 0 Å². The van der Waals surface area contributed by atoms with Crippen molar-refractivity contribution < 1.29 is 14.7 Å². The van der Waals surface area contributed by atoms with E-state index in [0.717, 1.165) is 19.3 Å². The van der Waals surface area contributed by atoms with Crippen molar-refractivity contribution >= 4 is 11.9 Å². The van der Waals surface area contributed by atoms with Gasteiger partial charge in [0.15, 0.2) is 0 Å². The number of carboxylic acid groups (broad SMARTS) is 1. The summed E-state index contributed by atoms with van der Waals surface area (Å²) in [7, 11) is 0. The first kappa shape index (κ1) is 15.3. The summed E-state index contributed by atoms with van der Waals surface area (Å²) in [6, 6.07) is -0.159. The summed E-state index contributed by atoms with van der Waals surface area (Å²) < 4.78 is 0. The molecule has 1 amide bonds. The monoisotopic (exact) mass is 281 g/mol. The zero-order valence-corrected chi connectivity index (χ0v) is 12.4. The summed E-state index contributed by atoms with van der Waals surface area (Å²) in [5.41, 5.74) is 0. The predicted octanol–water partition coefficient (Wildman–Crippen LogP) is 2.96. The van der Waals surface area contributed by atoms with E-state index >= 15 is 0 Å². The largest absolute Gasteiger partial charge is 0.481 e. The van der Waals surface area contributed by atoms with Crippen molar-refractivity contribution in [3.05, 3.63) is 0 Å². The Morgan fingerprint density at radius 1 is 1.10 bits per heavy atom. The molecule has 4 heteroatoms. The highest BCUT2D eigenvalue weighted by molar-refractivity contribution is 5.80. The second kappa shape index (κ2) is 7.09.